The zero-order valence-corrected chi connectivity index (χ0v) is 11.3. The fourth-order valence-electron chi connectivity index (χ4n) is 2.10. The van der Waals surface area contributed by atoms with Crippen molar-refractivity contribution in [2.45, 2.75) is 38.1 Å². The molecule has 2 rings (SSSR count). The first-order valence-electron chi connectivity index (χ1n) is 5.30. The maximum atomic E-state index is 6.07. The SMILES string of the molecule is CC1(Nc2nc(Cl)c(Cl)cc2Cl)CCCC1. The van der Waals surface area contributed by atoms with Gasteiger partial charge in [0.2, 0.25) is 0 Å². The topological polar surface area (TPSA) is 24.9 Å². The number of nitrogens with zero attached hydrogens (tertiary/aromatic N) is 1. The molecular formula is C11H13Cl3N2. The van der Waals surface area contributed by atoms with Crippen LogP contribution in [-0.2, 0) is 0 Å². The fraction of sp³-hybridized carbons (Fsp3) is 0.545. The van der Waals surface area contributed by atoms with Crippen LogP contribution in [0.2, 0.25) is 15.2 Å². The van der Waals surface area contributed by atoms with Crippen LogP contribution in [0.3, 0.4) is 0 Å². The lowest BCUT2D eigenvalue weighted by atomic mass is 10.0. The molecule has 88 valence electrons. The lowest BCUT2D eigenvalue weighted by Gasteiger charge is -2.26. The summed E-state index contributed by atoms with van der Waals surface area (Å²) >= 11 is 17.8. The quantitative estimate of drug-likeness (QED) is 0.788. The molecule has 0 saturated heterocycles. The van der Waals surface area contributed by atoms with Gasteiger partial charge >= 0.3 is 0 Å². The monoisotopic (exact) mass is 278 g/mol. The molecule has 1 aliphatic carbocycles. The molecule has 0 bridgehead atoms. The Labute approximate surface area is 110 Å². The van der Waals surface area contributed by atoms with Crippen molar-refractivity contribution in [2.24, 2.45) is 0 Å². The number of hydrogen-bond acceptors (Lipinski definition) is 2. The zero-order valence-electron chi connectivity index (χ0n) is 8.99. The van der Waals surface area contributed by atoms with Crippen molar-refractivity contribution in [3.63, 3.8) is 0 Å². The molecule has 0 amide bonds. The van der Waals surface area contributed by atoms with E-state index in [2.05, 4.69) is 17.2 Å². The van der Waals surface area contributed by atoms with Crippen molar-refractivity contribution in [1.82, 2.24) is 4.98 Å². The predicted molar refractivity (Wildman–Crippen MR) is 69.8 cm³/mol. The summed E-state index contributed by atoms with van der Waals surface area (Å²) in [6.45, 7) is 2.18. The van der Waals surface area contributed by atoms with Gasteiger partial charge in [-0.1, -0.05) is 47.6 Å². The standard InChI is InChI=1S/C11H13Cl3N2/c1-11(4-2-3-5-11)16-10-8(13)6-7(12)9(14)15-10/h6H,2-5H2,1H3,(H,15,16). The molecule has 1 aliphatic rings. The molecule has 0 spiro atoms. The van der Waals surface area contributed by atoms with E-state index < -0.39 is 0 Å². The second-order valence-corrected chi connectivity index (χ2v) is 5.66. The molecular weight excluding hydrogens is 266 g/mol. The number of rotatable bonds is 2. The molecule has 0 unspecified atom stereocenters. The maximum Gasteiger partial charge on any atom is 0.150 e. The van der Waals surface area contributed by atoms with E-state index in [1.54, 1.807) is 6.07 Å². The molecule has 2 nitrogen and oxygen atoms in total. The molecule has 0 atom stereocenters. The van der Waals surface area contributed by atoms with Crippen LogP contribution in [0.5, 0.6) is 0 Å². The van der Waals surface area contributed by atoms with Crippen molar-refractivity contribution in [2.75, 3.05) is 5.32 Å². The Morgan fingerprint density at radius 1 is 1.19 bits per heavy atom. The van der Waals surface area contributed by atoms with Gasteiger partial charge in [-0.15, -0.1) is 0 Å². The van der Waals surface area contributed by atoms with Crippen LogP contribution in [0.15, 0.2) is 6.07 Å². The highest BCUT2D eigenvalue weighted by atomic mass is 35.5. The predicted octanol–water partition coefficient (Wildman–Crippen LogP) is 4.79. The van der Waals surface area contributed by atoms with Gasteiger partial charge in [-0.05, 0) is 25.8 Å². The summed E-state index contributed by atoms with van der Waals surface area (Å²) in [6.07, 6.45) is 4.74. The third kappa shape index (κ3) is 2.55. The number of nitrogens with one attached hydrogen (secondary N) is 1. The largest absolute Gasteiger partial charge is 0.364 e. The van der Waals surface area contributed by atoms with E-state index in [0.717, 1.165) is 12.8 Å². The number of hydrogen-bond donors (Lipinski definition) is 1. The zero-order chi connectivity index (χ0) is 11.8. The van der Waals surface area contributed by atoms with Crippen molar-refractivity contribution < 1.29 is 0 Å². The molecule has 1 heterocycles. The Morgan fingerprint density at radius 3 is 2.44 bits per heavy atom. The van der Waals surface area contributed by atoms with E-state index in [9.17, 15) is 0 Å². The molecule has 1 N–H and O–H groups in total. The van der Waals surface area contributed by atoms with Crippen LogP contribution in [0, 0.1) is 0 Å². The molecule has 0 radical (unpaired) electrons. The lowest BCUT2D eigenvalue weighted by Crippen LogP contribution is -2.31. The van der Waals surface area contributed by atoms with E-state index in [1.165, 1.54) is 12.8 Å². The Kier molecular flexibility index (Phi) is 3.53. The summed E-state index contributed by atoms with van der Waals surface area (Å²) in [4.78, 5) is 4.17. The molecule has 0 aromatic carbocycles. The van der Waals surface area contributed by atoms with Crippen LogP contribution in [0.1, 0.15) is 32.6 Å². The van der Waals surface area contributed by atoms with E-state index in [4.69, 9.17) is 34.8 Å². The third-order valence-electron chi connectivity index (χ3n) is 3.01. The van der Waals surface area contributed by atoms with Crippen molar-refractivity contribution in [1.29, 1.82) is 0 Å². The number of aromatic nitrogens is 1. The highest BCUT2D eigenvalue weighted by Crippen LogP contribution is 2.36. The molecule has 0 aliphatic heterocycles. The molecule has 16 heavy (non-hydrogen) atoms. The van der Waals surface area contributed by atoms with Gasteiger partial charge < -0.3 is 5.32 Å². The van der Waals surface area contributed by atoms with Crippen LogP contribution >= 0.6 is 34.8 Å². The minimum Gasteiger partial charge on any atom is -0.364 e. The first-order valence-corrected chi connectivity index (χ1v) is 6.43. The first kappa shape index (κ1) is 12.3. The molecule has 1 fully saturated rings. The number of pyridine rings is 1. The summed E-state index contributed by atoms with van der Waals surface area (Å²) in [5.41, 5.74) is 0.0772. The van der Waals surface area contributed by atoms with E-state index in [-0.39, 0.29) is 10.7 Å². The lowest BCUT2D eigenvalue weighted by molar-refractivity contribution is 0.531. The average Bonchev–Trinajstić information content (AvgIpc) is 2.62. The van der Waals surface area contributed by atoms with Gasteiger partial charge in [0.1, 0.15) is 11.0 Å². The Bertz CT molecular complexity index is 400. The van der Waals surface area contributed by atoms with Gasteiger partial charge in [0.05, 0.1) is 10.0 Å². The van der Waals surface area contributed by atoms with Crippen LogP contribution in [-0.4, -0.2) is 10.5 Å². The summed E-state index contributed by atoms with van der Waals surface area (Å²) in [5, 5.41) is 4.55. The minimum atomic E-state index is 0.0772. The highest BCUT2D eigenvalue weighted by molar-refractivity contribution is 6.42. The first-order chi connectivity index (χ1) is 7.50. The second-order valence-electron chi connectivity index (χ2n) is 4.48. The smallest absolute Gasteiger partial charge is 0.150 e. The van der Waals surface area contributed by atoms with Gasteiger partial charge in [0.25, 0.3) is 0 Å². The van der Waals surface area contributed by atoms with Crippen LogP contribution in [0.4, 0.5) is 5.82 Å². The third-order valence-corrected chi connectivity index (χ3v) is 3.98. The average molecular weight is 280 g/mol. The minimum absolute atomic E-state index is 0.0772. The van der Waals surface area contributed by atoms with Gasteiger partial charge in [0, 0.05) is 5.54 Å². The summed E-state index contributed by atoms with van der Waals surface area (Å²) in [6, 6.07) is 1.62. The second kappa shape index (κ2) is 4.59. The Balaban J connectivity index is 2.24. The van der Waals surface area contributed by atoms with Crippen molar-refractivity contribution in [3.05, 3.63) is 21.3 Å². The summed E-state index contributed by atoms with van der Waals surface area (Å²) in [5.74, 6) is 0.625. The van der Waals surface area contributed by atoms with E-state index in [0.29, 0.717) is 15.9 Å². The Morgan fingerprint density at radius 2 is 1.81 bits per heavy atom. The van der Waals surface area contributed by atoms with Gasteiger partial charge in [-0.3, -0.25) is 0 Å². The molecule has 1 aromatic heterocycles. The van der Waals surface area contributed by atoms with E-state index in [1.807, 2.05) is 0 Å². The van der Waals surface area contributed by atoms with Crippen molar-refractivity contribution >= 4 is 40.6 Å². The van der Waals surface area contributed by atoms with Crippen molar-refractivity contribution in [3.8, 4) is 0 Å². The summed E-state index contributed by atoms with van der Waals surface area (Å²) in [7, 11) is 0. The molecule has 1 aromatic rings. The van der Waals surface area contributed by atoms with Gasteiger partial charge in [-0.25, -0.2) is 4.98 Å². The Hall–Kier alpha value is -0.180. The number of anilines is 1. The van der Waals surface area contributed by atoms with Crippen LogP contribution < -0.4 is 5.32 Å². The van der Waals surface area contributed by atoms with Gasteiger partial charge in [0.15, 0.2) is 0 Å². The maximum absolute atomic E-state index is 6.07. The van der Waals surface area contributed by atoms with Crippen LogP contribution in [0.25, 0.3) is 0 Å². The summed E-state index contributed by atoms with van der Waals surface area (Å²) < 4.78 is 0. The normalized spacial score (nSPS) is 18.8. The fourth-order valence-corrected chi connectivity index (χ4v) is 2.64. The van der Waals surface area contributed by atoms with E-state index >= 15 is 0 Å². The highest BCUT2D eigenvalue weighted by Gasteiger charge is 2.29. The number of halogens is 3. The molecule has 5 heteroatoms. The van der Waals surface area contributed by atoms with Gasteiger partial charge in [-0.2, -0.15) is 0 Å². The molecule has 1 saturated carbocycles.